The lowest BCUT2D eigenvalue weighted by Gasteiger charge is -2.09. The van der Waals surface area contributed by atoms with Gasteiger partial charge in [0.15, 0.2) is 28.4 Å². The van der Waals surface area contributed by atoms with E-state index in [0.717, 1.165) is 11.8 Å². The second kappa shape index (κ2) is 5.76. The predicted molar refractivity (Wildman–Crippen MR) is 66.6 cm³/mol. The highest BCUT2D eigenvalue weighted by molar-refractivity contribution is 7.98. The number of H-pyrrole nitrogens is 1. The molecule has 22 heavy (non-hydrogen) atoms. The van der Waals surface area contributed by atoms with Crippen molar-refractivity contribution in [3.8, 4) is 17.3 Å². The Kier molecular flexibility index (Phi) is 4.18. The molecule has 2 rings (SSSR count). The number of hydrogen-bond acceptors (Lipinski definition) is 4. The van der Waals surface area contributed by atoms with Crippen molar-refractivity contribution in [2.24, 2.45) is 0 Å². The van der Waals surface area contributed by atoms with Gasteiger partial charge in [0.2, 0.25) is 5.82 Å². The molecule has 0 aliphatic heterocycles. The summed E-state index contributed by atoms with van der Waals surface area (Å²) in [5.74, 6) is -11.1. The van der Waals surface area contributed by atoms with E-state index in [1.165, 1.54) is 12.3 Å². The van der Waals surface area contributed by atoms with Crippen LogP contribution < -0.4 is 5.56 Å². The van der Waals surface area contributed by atoms with E-state index in [-0.39, 0.29) is 5.16 Å². The molecule has 0 aliphatic rings. The van der Waals surface area contributed by atoms with Crippen molar-refractivity contribution in [2.75, 3.05) is 6.26 Å². The first-order valence-corrected chi connectivity index (χ1v) is 6.66. The van der Waals surface area contributed by atoms with Crippen molar-refractivity contribution in [1.29, 1.82) is 5.26 Å². The van der Waals surface area contributed by atoms with Crippen LogP contribution in [0.3, 0.4) is 0 Å². The van der Waals surface area contributed by atoms with Crippen molar-refractivity contribution in [3.63, 3.8) is 0 Å². The van der Waals surface area contributed by atoms with Gasteiger partial charge >= 0.3 is 0 Å². The molecular formula is C12H4F5N3OS. The zero-order valence-electron chi connectivity index (χ0n) is 10.6. The highest BCUT2D eigenvalue weighted by Crippen LogP contribution is 2.31. The predicted octanol–water partition coefficient (Wildman–Crippen LogP) is 2.73. The molecule has 0 saturated heterocycles. The molecule has 0 aliphatic carbocycles. The van der Waals surface area contributed by atoms with E-state index in [4.69, 9.17) is 5.26 Å². The summed E-state index contributed by atoms with van der Waals surface area (Å²) in [5, 5.41) is 8.73. The van der Waals surface area contributed by atoms with Gasteiger partial charge in [-0.3, -0.25) is 4.79 Å². The molecule has 0 spiro atoms. The molecule has 1 heterocycles. The highest BCUT2D eigenvalue weighted by Gasteiger charge is 2.29. The molecule has 1 N–H and O–H groups in total. The van der Waals surface area contributed by atoms with Crippen LogP contribution in [0.2, 0.25) is 0 Å². The van der Waals surface area contributed by atoms with E-state index in [1.807, 2.05) is 0 Å². The van der Waals surface area contributed by atoms with Gasteiger partial charge in [0.25, 0.3) is 5.56 Å². The van der Waals surface area contributed by atoms with Gasteiger partial charge in [-0.05, 0) is 6.26 Å². The summed E-state index contributed by atoms with van der Waals surface area (Å²) in [6.45, 7) is 0. The Morgan fingerprint density at radius 2 is 1.55 bits per heavy atom. The summed E-state index contributed by atoms with van der Waals surface area (Å²) in [4.78, 5) is 17.4. The van der Waals surface area contributed by atoms with Gasteiger partial charge in [0.05, 0.1) is 5.56 Å². The van der Waals surface area contributed by atoms with E-state index < -0.39 is 51.5 Å². The van der Waals surface area contributed by atoms with Gasteiger partial charge in [-0.25, -0.2) is 26.9 Å². The molecule has 1 aromatic carbocycles. The molecule has 0 saturated carbocycles. The number of thioether (sulfide) groups is 1. The molecule has 2 aromatic rings. The lowest BCUT2D eigenvalue weighted by atomic mass is 10.1. The van der Waals surface area contributed by atoms with Crippen molar-refractivity contribution in [2.45, 2.75) is 5.16 Å². The van der Waals surface area contributed by atoms with E-state index in [9.17, 15) is 26.7 Å². The molecule has 4 nitrogen and oxygen atoms in total. The second-order valence-electron chi connectivity index (χ2n) is 3.86. The van der Waals surface area contributed by atoms with Gasteiger partial charge in [-0.2, -0.15) is 5.26 Å². The fourth-order valence-electron chi connectivity index (χ4n) is 1.65. The summed E-state index contributed by atoms with van der Waals surface area (Å²) in [6.07, 6.45) is 1.45. The minimum absolute atomic E-state index is 0.150. The van der Waals surface area contributed by atoms with Crippen molar-refractivity contribution in [3.05, 3.63) is 45.0 Å². The minimum atomic E-state index is -2.34. The van der Waals surface area contributed by atoms with Crippen LogP contribution in [0.25, 0.3) is 11.3 Å². The monoisotopic (exact) mass is 333 g/mol. The van der Waals surface area contributed by atoms with Gasteiger partial charge in [0, 0.05) is 0 Å². The first-order valence-electron chi connectivity index (χ1n) is 5.43. The lowest BCUT2D eigenvalue weighted by Crippen LogP contribution is -2.16. The number of nitrogens with zero attached hydrogens (tertiary/aromatic N) is 2. The van der Waals surface area contributed by atoms with Crippen molar-refractivity contribution >= 4 is 11.8 Å². The minimum Gasteiger partial charge on any atom is -0.300 e. The van der Waals surface area contributed by atoms with Crippen LogP contribution in [0, 0.1) is 40.4 Å². The van der Waals surface area contributed by atoms with Crippen LogP contribution in [0.1, 0.15) is 5.56 Å². The summed E-state index contributed by atoms with van der Waals surface area (Å²) >= 11 is 0.852. The van der Waals surface area contributed by atoms with Gasteiger partial charge < -0.3 is 4.98 Å². The summed E-state index contributed by atoms with van der Waals surface area (Å²) in [7, 11) is 0. The third-order valence-corrected chi connectivity index (χ3v) is 3.23. The Labute approximate surface area is 123 Å². The Morgan fingerprint density at radius 3 is 2.00 bits per heavy atom. The molecule has 0 unspecified atom stereocenters. The molecule has 0 bridgehead atoms. The Morgan fingerprint density at radius 1 is 1.05 bits per heavy atom. The SMILES string of the molecule is CSc1nc(-c2c(F)c(F)c(F)c(F)c2F)c(C#N)c(=O)[nH]1. The van der Waals surface area contributed by atoms with Crippen LogP contribution in [-0.4, -0.2) is 16.2 Å². The summed E-state index contributed by atoms with van der Waals surface area (Å²) in [5.41, 5.74) is -4.25. The number of aromatic nitrogens is 2. The average molecular weight is 333 g/mol. The number of rotatable bonds is 2. The number of halogens is 5. The molecule has 1 aromatic heterocycles. The average Bonchev–Trinajstić information content (AvgIpc) is 2.50. The van der Waals surface area contributed by atoms with E-state index in [1.54, 1.807) is 0 Å². The van der Waals surface area contributed by atoms with Crippen LogP contribution in [0.15, 0.2) is 9.95 Å². The first-order chi connectivity index (χ1) is 10.3. The second-order valence-corrected chi connectivity index (χ2v) is 4.65. The van der Waals surface area contributed by atoms with Crippen molar-refractivity contribution < 1.29 is 22.0 Å². The van der Waals surface area contributed by atoms with E-state index in [2.05, 4.69) is 9.97 Å². The molecule has 0 fully saturated rings. The molecular weight excluding hydrogens is 329 g/mol. The van der Waals surface area contributed by atoms with Crippen LogP contribution >= 0.6 is 11.8 Å². The third kappa shape index (κ3) is 2.33. The molecule has 114 valence electrons. The number of nitriles is 1. The Bertz CT molecular complexity index is 846. The van der Waals surface area contributed by atoms with Gasteiger partial charge in [-0.1, -0.05) is 11.8 Å². The maximum atomic E-state index is 13.8. The first kappa shape index (κ1) is 16.0. The quantitative estimate of drug-likeness (QED) is 0.302. The molecule has 0 radical (unpaired) electrons. The highest BCUT2D eigenvalue weighted by atomic mass is 32.2. The van der Waals surface area contributed by atoms with Gasteiger partial charge in [0.1, 0.15) is 17.3 Å². The topological polar surface area (TPSA) is 69.5 Å². The van der Waals surface area contributed by atoms with Crippen LogP contribution in [0.4, 0.5) is 22.0 Å². The Hall–Kier alpha value is -2.41. The van der Waals surface area contributed by atoms with Gasteiger partial charge in [-0.15, -0.1) is 0 Å². The van der Waals surface area contributed by atoms with E-state index >= 15 is 0 Å². The van der Waals surface area contributed by atoms with Crippen LogP contribution in [0.5, 0.6) is 0 Å². The van der Waals surface area contributed by atoms with Crippen LogP contribution in [-0.2, 0) is 0 Å². The van der Waals surface area contributed by atoms with E-state index in [0.29, 0.717) is 0 Å². The fourth-order valence-corrected chi connectivity index (χ4v) is 2.02. The molecule has 10 heteroatoms. The molecule has 0 atom stereocenters. The number of hydrogen-bond donors (Lipinski definition) is 1. The number of nitrogens with one attached hydrogen (secondary N) is 1. The summed E-state index contributed by atoms with van der Waals surface area (Å²) < 4.78 is 67.1. The maximum Gasteiger partial charge on any atom is 0.270 e. The number of benzene rings is 1. The maximum absolute atomic E-state index is 13.8. The third-order valence-electron chi connectivity index (χ3n) is 2.65. The number of aromatic amines is 1. The largest absolute Gasteiger partial charge is 0.300 e. The normalized spacial score (nSPS) is 10.6. The van der Waals surface area contributed by atoms with Crippen molar-refractivity contribution in [1.82, 2.24) is 9.97 Å². The standard InChI is InChI=1S/C12H4F5N3OS/c1-22-12-19-10(3(2-18)11(21)20-12)4-5(13)7(15)9(17)8(16)6(4)14/h1H3,(H,19,20,21). The zero-order chi connectivity index (χ0) is 16.6. The smallest absolute Gasteiger partial charge is 0.270 e. The molecule has 0 amide bonds. The lowest BCUT2D eigenvalue weighted by molar-refractivity contribution is 0.381. The summed E-state index contributed by atoms with van der Waals surface area (Å²) in [6, 6.07) is 1.33. The fraction of sp³-hybridized carbons (Fsp3) is 0.0833. The Balaban J connectivity index is 2.98. The zero-order valence-corrected chi connectivity index (χ0v) is 11.4.